The molecule has 1 aromatic carbocycles. The fraction of sp³-hybridized carbons (Fsp3) is 0.133. The minimum absolute atomic E-state index is 0.219. The summed E-state index contributed by atoms with van der Waals surface area (Å²) in [4.78, 5) is 16.3. The highest BCUT2D eigenvalue weighted by atomic mass is 16.5. The van der Waals surface area contributed by atoms with Crippen LogP contribution in [0.2, 0.25) is 0 Å². The molecule has 2 heterocycles. The SMILES string of the molecule is COc1ccc(CNC(=O)c2n[nH]c3ccccc23)cn1. The van der Waals surface area contributed by atoms with E-state index in [0.717, 1.165) is 16.5 Å². The molecule has 2 aromatic heterocycles. The van der Waals surface area contributed by atoms with E-state index in [4.69, 9.17) is 4.74 Å². The standard InChI is InChI=1S/C15H14N4O2/c1-21-13-7-6-10(8-16-13)9-17-15(20)14-11-4-2-3-5-12(11)18-19-14/h2-8H,9H2,1H3,(H,17,20)(H,18,19). The number of amides is 1. The van der Waals surface area contributed by atoms with E-state index < -0.39 is 0 Å². The number of H-pyrrole nitrogens is 1. The van der Waals surface area contributed by atoms with Gasteiger partial charge in [-0.1, -0.05) is 24.3 Å². The Morgan fingerprint density at radius 3 is 2.90 bits per heavy atom. The average molecular weight is 282 g/mol. The first-order chi connectivity index (χ1) is 10.3. The molecule has 0 bridgehead atoms. The first-order valence-electron chi connectivity index (χ1n) is 6.48. The lowest BCUT2D eigenvalue weighted by molar-refractivity contribution is 0.0947. The number of hydrogen-bond acceptors (Lipinski definition) is 4. The molecule has 0 aliphatic rings. The molecule has 0 unspecified atom stereocenters. The summed E-state index contributed by atoms with van der Waals surface area (Å²) in [6.45, 7) is 0.386. The fourth-order valence-corrected chi connectivity index (χ4v) is 2.04. The molecule has 0 atom stereocenters. The number of fused-ring (bicyclic) bond motifs is 1. The lowest BCUT2D eigenvalue weighted by Gasteiger charge is -2.04. The van der Waals surface area contributed by atoms with Crippen molar-refractivity contribution >= 4 is 16.8 Å². The molecule has 6 heteroatoms. The summed E-state index contributed by atoms with van der Waals surface area (Å²) in [7, 11) is 1.56. The van der Waals surface area contributed by atoms with Gasteiger partial charge in [0.25, 0.3) is 5.91 Å². The minimum atomic E-state index is -0.219. The van der Waals surface area contributed by atoms with Gasteiger partial charge in [-0.05, 0) is 11.6 Å². The van der Waals surface area contributed by atoms with Gasteiger partial charge in [0, 0.05) is 24.2 Å². The van der Waals surface area contributed by atoms with Crippen molar-refractivity contribution in [1.29, 1.82) is 0 Å². The smallest absolute Gasteiger partial charge is 0.272 e. The van der Waals surface area contributed by atoms with Crippen LogP contribution in [0.3, 0.4) is 0 Å². The van der Waals surface area contributed by atoms with E-state index in [1.807, 2.05) is 30.3 Å². The lowest BCUT2D eigenvalue weighted by atomic mass is 10.2. The maximum absolute atomic E-state index is 12.2. The third-order valence-corrected chi connectivity index (χ3v) is 3.15. The van der Waals surface area contributed by atoms with Crippen molar-refractivity contribution in [2.24, 2.45) is 0 Å². The number of ether oxygens (including phenoxy) is 1. The van der Waals surface area contributed by atoms with Gasteiger partial charge in [0.05, 0.1) is 12.6 Å². The van der Waals surface area contributed by atoms with Gasteiger partial charge in [-0.25, -0.2) is 4.98 Å². The summed E-state index contributed by atoms with van der Waals surface area (Å²) < 4.78 is 4.99. The predicted molar refractivity (Wildman–Crippen MR) is 78.1 cm³/mol. The number of methoxy groups -OCH3 is 1. The number of carbonyl (C=O) groups is 1. The minimum Gasteiger partial charge on any atom is -0.481 e. The summed E-state index contributed by atoms with van der Waals surface area (Å²) in [5, 5.41) is 10.5. The van der Waals surface area contributed by atoms with Crippen molar-refractivity contribution in [3.63, 3.8) is 0 Å². The highest BCUT2D eigenvalue weighted by molar-refractivity contribution is 6.04. The average Bonchev–Trinajstić information content (AvgIpc) is 2.97. The predicted octanol–water partition coefficient (Wildman–Crippen LogP) is 1.90. The number of nitrogens with zero attached hydrogens (tertiary/aromatic N) is 2. The van der Waals surface area contributed by atoms with Crippen LogP contribution in [0.5, 0.6) is 5.88 Å². The number of para-hydroxylation sites is 1. The number of nitrogens with one attached hydrogen (secondary N) is 2. The molecule has 2 N–H and O–H groups in total. The van der Waals surface area contributed by atoms with Crippen molar-refractivity contribution < 1.29 is 9.53 Å². The molecule has 0 saturated heterocycles. The Labute approximate surface area is 121 Å². The highest BCUT2D eigenvalue weighted by Crippen LogP contribution is 2.15. The van der Waals surface area contributed by atoms with Crippen molar-refractivity contribution in [3.05, 3.63) is 53.9 Å². The van der Waals surface area contributed by atoms with E-state index in [1.165, 1.54) is 0 Å². The van der Waals surface area contributed by atoms with Gasteiger partial charge >= 0.3 is 0 Å². The van der Waals surface area contributed by atoms with Gasteiger partial charge in [-0.2, -0.15) is 5.10 Å². The molecule has 106 valence electrons. The molecule has 3 rings (SSSR count). The number of pyridine rings is 1. The quantitative estimate of drug-likeness (QED) is 0.766. The molecular weight excluding hydrogens is 268 g/mol. The zero-order valence-corrected chi connectivity index (χ0v) is 11.5. The van der Waals surface area contributed by atoms with Crippen LogP contribution in [-0.2, 0) is 6.54 Å². The van der Waals surface area contributed by atoms with Crippen molar-refractivity contribution in [2.75, 3.05) is 7.11 Å². The maximum Gasteiger partial charge on any atom is 0.272 e. The number of aromatic amines is 1. The van der Waals surface area contributed by atoms with Crippen LogP contribution in [0.4, 0.5) is 0 Å². The molecule has 6 nitrogen and oxygen atoms in total. The molecule has 0 spiro atoms. The normalized spacial score (nSPS) is 10.5. The Morgan fingerprint density at radius 1 is 1.29 bits per heavy atom. The van der Waals surface area contributed by atoms with Gasteiger partial charge in [-0.15, -0.1) is 0 Å². The zero-order valence-electron chi connectivity index (χ0n) is 11.5. The van der Waals surface area contributed by atoms with Crippen LogP contribution in [0.15, 0.2) is 42.6 Å². The van der Waals surface area contributed by atoms with Crippen molar-refractivity contribution in [3.8, 4) is 5.88 Å². The van der Waals surface area contributed by atoms with Gasteiger partial charge in [0.15, 0.2) is 5.69 Å². The Bertz CT molecular complexity index is 765. The monoisotopic (exact) mass is 282 g/mol. The third kappa shape index (κ3) is 2.69. The van der Waals surface area contributed by atoms with Crippen LogP contribution in [0.1, 0.15) is 16.1 Å². The maximum atomic E-state index is 12.2. The Kier molecular flexibility index (Phi) is 3.51. The molecule has 21 heavy (non-hydrogen) atoms. The Balaban J connectivity index is 1.71. The summed E-state index contributed by atoms with van der Waals surface area (Å²) in [6, 6.07) is 11.1. The van der Waals surface area contributed by atoms with Crippen LogP contribution < -0.4 is 10.1 Å². The van der Waals surface area contributed by atoms with Crippen molar-refractivity contribution in [1.82, 2.24) is 20.5 Å². The van der Waals surface area contributed by atoms with Crippen LogP contribution in [0.25, 0.3) is 10.9 Å². The van der Waals surface area contributed by atoms with Gasteiger partial charge in [0.2, 0.25) is 5.88 Å². The van der Waals surface area contributed by atoms with E-state index in [9.17, 15) is 4.79 Å². The van der Waals surface area contributed by atoms with Crippen LogP contribution in [-0.4, -0.2) is 28.2 Å². The first-order valence-corrected chi connectivity index (χ1v) is 6.48. The Morgan fingerprint density at radius 2 is 2.14 bits per heavy atom. The second-order valence-electron chi connectivity index (χ2n) is 4.51. The molecule has 1 amide bonds. The number of benzene rings is 1. The first kappa shape index (κ1) is 13.1. The number of aromatic nitrogens is 3. The van der Waals surface area contributed by atoms with Gasteiger partial charge < -0.3 is 10.1 Å². The molecular formula is C15H14N4O2. The molecule has 0 fully saturated rings. The molecule has 0 aliphatic carbocycles. The topological polar surface area (TPSA) is 79.9 Å². The second kappa shape index (κ2) is 5.62. The highest BCUT2D eigenvalue weighted by Gasteiger charge is 2.13. The van der Waals surface area contributed by atoms with Crippen molar-refractivity contribution in [2.45, 2.75) is 6.54 Å². The number of rotatable bonds is 4. The van der Waals surface area contributed by atoms with E-state index in [0.29, 0.717) is 18.1 Å². The second-order valence-corrected chi connectivity index (χ2v) is 4.51. The van der Waals surface area contributed by atoms with E-state index >= 15 is 0 Å². The molecule has 3 aromatic rings. The Hall–Kier alpha value is -2.89. The van der Waals surface area contributed by atoms with E-state index in [2.05, 4.69) is 20.5 Å². The number of carbonyl (C=O) groups excluding carboxylic acids is 1. The lowest BCUT2D eigenvalue weighted by Crippen LogP contribution is -2.23. The van der Waals surface area contributed by atoms with Gasteiger partial charge in [0.1, 0.15) is 0 Å². The van der Waals surface area contributed by atoms with Crippen LogP contribution in [0, 0.1) is 0 Å². The summed E-state index contributed by atoms with van der Waals surface area (Å²) in [5.41, 5.74) is 2.13. The van der Waals surface area contributed by atoms with E-state index in [1.54, 1.807) is 19.4 Å². The zero-order chi connectivity index (χ0) is 14.7. The number of hydrogen-bond donors (Lipinski definition) is 2. The molecule has 0 radical (unpaired) electrons. The third-order valence-electron chi connectivity index (χ3n) is 3.15. The molecule has 0 saturated carbocycles. The van der Waals surface area contributed by atoms with Crippen LogP contribution >= 0.6 is 0 Å². The summed E-state index contributed by atoms with van der Waals surface area (Å²) >= 11 is 0. The fourth-order valence-electron chi connectivity index (χ4n) is 2.04. The summed E-state index contributed by atoms with van der Waals surface area (Å²) in [6.07, 6.45) is 1.67. The van der Waals surface area contributed by atoms with E-state index in [-0.39, 0.29) is 5.91 Å². The van der Waals surface area contributed by atoms with Gasteiger partial charge in [-0.3, -0.25) is 9.89 Å². The molecule has 0 aliphatic heterocycles. The summed E-state index contributed by atoms with van der Waals surface area (Å²) in [5.74, 6) is 0.326. The largest absolute Gasteiger partial charge is 0.481 e.